The van der Waals surface area contributed by atoms with Crippen LogP contribution in [0.25, 0.3) is 0 Å². The fourth-order valence-corrected chi connectivity index (χ4v) is 3.71. The lowest BCUT2D eigenvalue weighted by Gasteiger charge is -2.25. The first kappa shape index (κ1) is 25.7. The van der Waals surface area contributed by atoms with E-state index < -0.39 is 21.3 Å². The second kappa shape index (κ2) is 10.4. The Bertz CT molecular complexity index is 1030. The number of rotatable bonds is 11. The van der Waals surface area contributed by atoms with E-state index in [0.29, 0.717) is 23.7 Å². The van der Waals surface area contributed by atoms with E-state index in [9.17, 15) is 17.9 Å². The number of aliphatic hydroxyl groups is 1. The molecule has 1 heterocycles. The third-order valence-electron chi connectivity index (χ3n) is 4.80. The number of nitrogens with one attached hydrogen (secondary N) is 2. The number of benzene rings is 1. The van der Waals surface area contributed by atoms with Crippen LogP contribution in [0.2, 0.25) is 0 Å². The maximum atomic E-state index is 14.2. The van der Waals surface area contributed by atoms with E-state index in [-0.39, 0.29) is 36.7 Å². The molecule has 3 N–H and O–H groups in total. The fraction of sp³-hybridized carbons (Fsp3) is 0.571. The number of sulfonamides is 1. The van der Waals surface area contributed by atoms with Crippen molar-refractivity contribution in [3.8, 4) is 5.75 Å². The van der Waals surface area contributed by atoms with Crippen LogP contribution in [0.15, 0.2) is 18.2 Å². The maximum absolute atomic E-state index is 14.2. The Kier molecular flexibility index (Phi) is 8.35. The Morgan fingerprint density at radius 2 is 1.84 bits per heavy atom. The SMILES string of the molecule is COc1ccc(C(C)(C)Cc2nc(N[C@@H](CO)CC(C)C)nc(NS(C)(=O)=O)n2)cc1F. The summed E-state index contributed by atoms with van der Waals surface area (Å²) >= 11 is 0. The second-order valence-electron chi connectivity index (χ2n) is 8.84. The van der Waals surface area contributed by atoms with Gasteiger partial charge in [0.2, 0.25) is 21.9 Å². The number of ether oxygens (including phenoxy) is 1. The molecule has 0 aliphatic heterocycles. The second-order valence-corrected chi connectivity index (χ2v) is 10.6. The van der Waals surface area contributed by atoms with Crippen LogP contribution in [-0.2, 0) is 21.9 Å². The predicted molar refractivity (Wildman–Crippen MR) is 122 cm³/mol. The van der Waals surface area contributed by atoms with Gasteiger partial charge < -0.3 is 15.2 Å². The average molecular weight is 470 g/mol. The van der Waals surface area contributed by atoms with Crippen molar-refractivity contribution < 1.29 is 22.7 Å². The summed E-state index contributed by atoms with van der Waals surface area (Å²) in [6.45, 7) is 7.73. The smallest absolute Gasteiger partial charge is 0.241 e. The molecule has 0 unspecified atom stereocenters. The first-order chi connectivity index (χ1) is 14.8. The van der Waals surface area contributed by atoms with Crippen molar-refractivity contribution in [2.45, 2.75) is 52.0 Å². The van der Waals surface area contributed by atoms with E-state index >= 15 is 0 Å². The van der Waals surface area contributed by atoms with Crippen LogP contribution in [0.3, 0.4) is 0 Å². The largest absolute Gasteiger partial charge is 0.494 e. The van der Waals surface area contributed by atoms with E-state index in [1.165, 1.54) is 13.2 Å². The van der Waals surface area contributed by atoms with Crippen LogP contribution in [0.1, 0.15) is 45.5 Å². The summed E-state index contributed by atoms with van der Waals surface area (Å²) in [6.07, 6.45) is 1.95. The van der Waals surface area contributed by atoms with Crippen LogP contribution in [0.4, 0.5) is 16.3 Å². The Labute approximate surface area is 188 Å². The number of hydrogen-bond acceptors (Lipinski definition) is 8. The van der Waals surface area contributed by atoms with Crippen LogP contribution >= 0.6 is 0 Å². The van der Waals surface area contributed by atoms with Crippen molar-refractivity contribution >= 4 is 21.9 Å². The minimum atomic E-state index is -3.62. The summed E-state index contributed by atoms with van der Waals surface area (Å²) in [5, 5.41) is 12.7. The van der Waals surface area contributed by atoms with E-state index in [1.807, 2.05) is 27.7 Å². The van der Waals surface area contributed by atoms with Gasteiger partial charge in [-0.05, 0) is 35.4 Å². The molecule has 1 aromatic carbocycles. The Balaban J connectivity index is 2.39. The molecule has 9 nitrogen and oxygen atoms in total. The molecule has 0 saturated heterocycles. The quantitative estimate of drug-likeness (QED) is 0.459. The summed E-state index contributed by atoms with van der Waals surface area (Å²) in [6, 6.07) is 4.42. The number of hydrogen-bond donors (Lipinski definition) is 3. The van der Waals surface area contributed by atoms with Crippen LogP contribution < -0.4 is 14.8 Å². The number of anilines is 2. The highest BCUT2D eigenvalue weighted by Gasteiger charge is 2.25. The summed E-state index contributed by atoms with van der Waals surface area (Å²) in [7, 11) is -2.22. The van der Waals surface area contributed by atoms with Gasteiger partial charge in [-0.15, -0.1) is 0 Å². The molecule has 0 amide bonds. The van der Waals surface area contributed by atoms with Gasteiger partial charge in [-0.1, -0.05) is 33.8 Å². The number of aromatic nitrogens is 3. The molecule has 0 radical (unpaired) electrons. The van der Waals surface area contributed by atoms with Crippen LogP contribution in [0.5, 0.6) is 5.75 Å². The third kappa shape index (κ3) is 7.56. The zero-order valence-corrected chi connectivity index (χ0v) is 20.1. The molecular weight excluding hydrogens is 437 g/mol. The molecule has 2 aromatic rings. The first-order valence-corrected chi connectivity index (χ1v) is 12.2. The number of methoxy groups -OCH3 is 1. The normalized spacial score (nSPS) is 13.2. The molecule has 11 heteroatoms. The highest BCUT2D eigenvalue weighted by molar-refractivity contribution is 7.91. The summed E-state index contributed by atoms with van der Waals surface area (Å²) in [5.41, 5.74) is 0.124. The van der Waals surface area contributed by atoms with Gasteiger partial charge in [-0.3, -0.25) is 4.72 Å². The van der Waals surface area contributed by atoms with Crippen LogP contribution in [-0.4, -0.2) is 54.5 Å². The van der Waals surface area contributed by atoms with E-state index in [1.54, 1.807) is 12.1 Å². The minimum Gasteiger partial charge on any atom is -0.494 e. The van der Waals surface area contributed by atoms with Gasteiger partial charge in [0, 0.05) is 6.42 Å². The van der Waals surface area contributed by atoms with Gasteiger partial charge in [0.15, 0.2) is 11.6 Å². The molecule has 0 bridgehead atoms. The van der Waals surface area contributed by atoms with Crippen molar-refractivity contribution in [1.29, 1.82) is 0 Å². The molecule has 178 valence electrons. The highest BCUT2D eigenvalue weighted by Crippen LogP contribution is 2.30. The van der Waals surface area contributed by atoms with Gasteiger partial charge >= 0.3 is 0 Å². The standard InChI is InChI=1S/C21H32FN5O4S/c1-13(2)9-15(12-28)23-19-24-18(25-20(26-19)27-32(6,29)30)11-21(3,4)14-7-8-17(31-5)16(22)10-14/h7-8,10,13,15,28H,9,11-12H2,1-6H3,(H2,23,24,25,26,27)/t15-/m1/s1. The van der Waals surface area contributed by atoms with E-state index in [0.717, 1.165) is 6.26 Å². The van der Waals surface area contributed by atoms with E-state index in [2.05, 4.69) is 25.0 Å². The maximum Gasteiger partial charge on any atom is 0.241 e. The molecule has 2 rings (SSSR count). The molecule has 0 spiro atoms. The van der Waals surface area contributed by atoms with Crippen molar-refractivity contribution in [3.63, 3.8) is 0 Å². The van der Waals surface area contributed by atoms with Crippen LogP contribution in [0, 0.1) is 11.7 Å². The molecule has 0 aliphatic rings. The Hall–Kier alpha value is -2.53. The molecule has 1 atom stereocenters. The minimum absolute atomic E-state index is 0.127. The number of nitrogens with zero attached hydrogens (tertiary/aromatic N) is 3. The predicted octanol–water partition coefficient (Wildman–Crippen LogP) is 2.73. The zero-order valence-electron chi connectivity index (χ0n) is 19.3. The topological polar surface area (TPSA) is 126 Å². The monoisotopic (exact) mass is 469 g/mol. The first-order valence-electron chi connectivity index (χ1n) is 10.3. The van der Waals surface area contributed by atoms with Crippen molar-refractivity contribution in [1.82, 2.24) is 15.0 Å². The van der Waals surface area contributed by atoms with Crippen molar-refractivity contribution in [2.75, 3.05) is 30.0 Å². The Morgan fingerprint density at radius 1 is 1.19 bits per heavy atom. The van der Waals surface area contributed by atoms with Gasteiger partial charge in [-0.2, -0.15) is 15.0 Å². The van der Waals surface area contributed by atoms with Crippen molar-refractivity contribution in [2.24, 2.45) is 5.92 Å². The average Bonchev–Trinajstić information content (AvgIpc) is 2.65. The number of aliphatic hydroxyl groups excluding tert-OH is 1. The fourth-order valence-electron chi connectivity index (χ4n) is 3.29. The molecule has 1 aromatic heterocycles. The Morgan fingerprint density at radius 3 is 2.38 bits per heavy atom. The molecule has 32 heavy (non-hydrogen) atoms. The molecular formula is C21H32FN5O4S. The van der Waals surface area contributed by atoms with Gasteiger partial charge in [0.05, 0.1) is 26.0 Å². The van der Waals surface area contributed by atoms with E-state index in [4.69, 9.17) is 4.74 Å². The van der Waals surface area contributed by atoms with Crippen molar-refractivity contribution in [3.05, 3.63) is 35.4 Å². The summed E-state index contributed by atoms with van der Waals surface area (Å²) < 4.78 is 45.0. The molecule has 0 fully saturated rings. The summed E-state index contributed by atoms with van der Waals surface area (Å²) in [5.74, 6) is 0.330. The van der Waals surface area contributed by atoms with Gasteiger partial charge in [0.1, 0.15) is 5.82 Å². The lowest BCUT2D eigenvalue weighted by molar-refractivity contribution is 0.259. The number of halogens is 1. The van der Waals surface area contributed by atoms with Gasteiger partial charge in [-0.25, -0.2) is 12.8 Å². The molecule has 0 saturated carbocycles. The lowest BCUT2D eigenvalue weighted by Crippen LogP contribution is -2.28. The lowest BCUT2D eigenvalue weighted by atomic mass is 9.81. The highest BCUT2D eigenvalue weighted by atomic mass is 32.2. The molecule has 0 aliphatic carbocycles. The zero-order chi connectivity index (χ0) is 24.1. The third-order valence-corrected chi connectivity index (χ3v) is 5.35. The van der Waals surface area contributed by atoms with Gasteiger partial charge in [0.25, 0.3) is 0 Å². The summed E-state index contributed by atoms with van der Waals surface area (Å²) in [4.78, 5) is 12.8.